The van der Waals surface area contributed by atoms with Crippen molar-refractivity contribution in [1.82, 2.24) is 5.32 Å². The van der Waals surface area contributed by atoms with E-state index in [1.807, 2.05) is 6.07 Å². The average molecular weight is 263 g/mol. The molecule has 2 heteroatoms. The minimum absolute atomic E-state index is 0.172. The Labute approximate surface area is 118 Å². The van der Waals surface area contributed by atoms with Crippen molar-refractivity contribution in [1.29, 1.82) is 0 Å². The van der Waals surface area contributed by atoms with Gasteiger partial charge in [-0.3, -0.25) is 0 Å². The Kier molecular flexibility index (Phi) is 5.86. The van der Waals surface area contributed by atoms with Gasteiger partial charge in [0.2, 0.25) is 0 Å². The molecule has 1 rings (SSSR count). The van der Waals surface area contributed by atoms with E-state index < -0.39 is 0 Å². The van der Waals surface area contributed by atoms with E-state index in [1.54, 1.807) is 0 Å². The van der Waals surface area contributed by atoms with Crippen LogP contribution >= 0.6 is 0 Å². The lowest BCUT2D eigenvalue weighted by Gasteiger charge is -2.27. The zero-order chi connectivity index (χ0) is 14.5. The third-order valence-corrected chi connectivity index (χ3v) is 3.62. The monoisotopic (exact) mass is 263 g/mol. The van der Waals surface area contributed by atoms with Crippen LogP contribution < -0.4 is 10.1 Å². The minimum Gasteiger partial charge on any atom is -0.489 e. The second-order valence-electron chi connectivity index (χ2n) is 6.24. The molecule has 0 spiro atoms. The van der Waals surface area contributed by atoms with E-state index in [9.17, 15) is 0 Å². The minimum atomic E-state index is 0.172. The summed E-state index contributed by atoms with van der Waals surface area (Å²) in [5.41, 5.74) is 1.46. The van der Waals surface area contributed by atoms with Crippen molar-refractivity contribution in [3.63, 3.8) is 0 Å². The van der Waals surface area contributed by atoms with Crippen LogP contribution in [0.3, 0.4) is 0 Å². The molecule has 0 saturated heterocycles. The molecule has 108 valence electrons. The predicted octanol–water partition coefficient (Wildman–Crippen LogP) is 4.36. The molecule has 0 aliphatic heterocycles. The van der Waals surface area contributed by atoms with E-state index in [2.05, 4.69) is 65.1 Å². The van der Waals surface area contributed by atoms with E-state index >= 15 is 0 Å². The van der Waals surface area contributed by atoms with Crippen molar-refractivity contribution in [3.05, 3.63) is 29.8 Å². The fraction of sp³-hybridized carbons (Fsp3) is 0.647. The number of nitrogens with one attached hydrogen (secondary N) is 1. The molecule has 0 saturated carbocycles. The molecule has 1 aromatic carbocycles. The molecule has 2 nitrogen and oxygen atoms in total. The van der Waals surface area contributed by atoms with Gasteiger partial charge in [0.05, 0.1) is 0 Å². The van der Waals surface area contributed by atoms with Crippen LogP contribution in [-0.4, -0.2) is 18.2 Å². The molecule has 0 radical (unpaired) electrons. The number of para-hydroxylation sites is 1. The lowest BCUT2D eigenvalue weighted by Crippen LogP contribution is -2.43. The Morgan fingerprint density at radius 1 is 1.16 bits per heavy atom. The molecule has 0 aromatic heterocycles. The maximum atomic E-state index is 6.08. The van der Waals surface area contributed by atoms with Gasteiger partial charge in [-0.2, -0.15) is 0 Å². The zero-order valence-corrected chi connectivity index (χ0v) is 13.3. The Hall–Kier alpha value is -1.02. The van der Waals surface area contributed by atoms with Gasteiger partial charge in [0.25, 0.3) is 0 Å². The average Bonchev–Trinajstić information content (AvgIpc) is 2.37. The first kappa shape index (κ1) is 16.0. The SMILES string of the molecule is CCC(C)(C)NCC(C)Oc1ccccc1C(C)C. The number of hydrogen-bond acceptors (Lipinski definition) is 2. The standard InChI is InChI=1S/C17H29NO/c1-7-17(5,6)18-12-14(4)19-16-11-9-8-10-15(16)13(2)3/h8-11,13-14,18H,7,12H2,1-6H3. The van der Waals surface area contributed by atoms with Gasteiger partial charge in [-0.1, -0.05) is 39.0 Å². The van der Waals surface area contributed by atoms with Crippen molar-refractivity contribution in [2.45, 2.75) is 65.5 Å². The summed E-state index contributed by atoms with van der Waals surface area (Å²) in [6, 6.07) is 8.33. The van der Waals surface area contributed by atoms with Gasteiger partial charge in [0, 0.05) is 12.1 Å². The summed E-state index contributed by atoms with van der Waals surface area (Å²) >= 11 is 0. The smallest absolute Gasteiger partial charge is 0.123 e. The van der Waals surface area contributed by atoms with Crippen LogP contribution in [0, 0.1) is 0 Å². The second kappa shape index (κ2) is 6.95. The summed E-state index contributed by atoms with van der Waals surface area (Å²) in [5, 5.41) is 3.55. The molecule has 19 heavy (non-hydrogen) atoms. The molecule has 0 aliphatic rings. The maximum absolute atomic E-state index is 6.08. The lowest BCUT2D eigenvalue weighted by atomic mass is 10.0. The second-order valence-corrected chi connectivity index (χ2v) is 6.24. The third kappa shape index (κ3) is 5.23. The van der Waals surface area contributed by atoms with Crippen LogP contribution in [0.4, 0.5) is 0 Å². The first-order chi connectivity index (χ1) is 8.85. The fourth-order valence-electron chi connectivity index (χ4n) is 1.87. The van der Waals surface area contributed by atoms with Crippen LogP contribution in [0.5, 0.6) is 5.75 Å². The molecule has 0 bridgehead atoms. The topological polar surface area (TPSA) is 21.3 Å². The number of ether oxygens (including phenoxy) is 1. The molecule has 1 atom stereocenters. The lowest BCUT2D eigenvalue weighted by molar-refractivity contribution is 0.196. The summed E-state index contributed by atoms with van der Waals surface area (Å²) < 4.78 is 6.08. The highest BCUT2D eigenvalue weighted by Crippen LogP contribution is 2.26. The maximum Gasteiger partial charge on any atom is 0.123 e. The van der Waals surface area contributed by atoms with Crippen LogP contribution in [-0.2, 0) is 0 Å². The quantitative estimate of drug-likeness (QED) is 0.789. The predicted molar refractivity (Wildman–Crippen MR) is 83.0 cm³/mol. The van der Waals surface area contributed by atoms with Gasteiger partial charge < -0.3 is 10.1 Å². The molecule has 1 aromatic rings. The van der Waals surface area contributed by atoms with Crippen molar-refractivity contribution >= 4 is 0 Å². The first-order valence-electron chi connectivity index (χ1n) is 7.36. The van der Waals surface area contributed by atoms with E-state index in [0.717, 1.165) is 18.7 Å². The van der Waals surface area contributed by atoms with Crippen molar-refractivity contribution in [2.75, 3.05) is 6.54 Å². The number of benzene rings is 1. The van der Waals surface area contributed by atoms with E-state index in [-0.39, 0.29) is 11.6 Å². The highest BCUT2D eigenvalue weighted by molar-refractivity contribution is 5.35. The van der Waals surface area contributed by atoms with Gasteiger partial charge in [-0.15, -0.1) is 0 Å². The Bertz CT molecular complexity index is 385. The highest BCUT2D eigenvalue weighted by Gasteiger charge is 2.16. The highest BCUT2D eigenvalue weighted by atomic mass is 16.5. The molecule has 1 unspecified atom stereocenters. The van der Waals surface area contributed by atoms with E-state index in [1.165, 1.54) is 5.56 Å². The summed E-state index contributed by atoms with van der Waals surface area (Å²) in [7, 11) is 0. The Balaban J connectivity index is 2.60. The third-order valence-electron chi connectivity index (χ3n) is 3.62. The molecule has 1 N–H and O–H groups in total. The van der Waals surface area contributed by atoms with Crippen molar-refractivity contribution in [2.24, 2.45) is 0 Å². The van der Waals surface area contributed by atoms with Crippen LogP contribution in [0.2, 0.25) is 0 Å². The van der Waals surface area contributed by atoms with E-state index in [4.69, 9.17) is 4.74 Å². The van der Waals surface area contributed by atoms with Gasteiger partial charge in [-0.25, -0.2) is 0 Å². The van der Waals surface area contributed by atoms with Gasteiger partial charge in [-0.05, 0) is 44.7 Å². The molecule has 0 aliphatic carbocycles. The van der Waals surface area contributed by atoms with Gasteiger partial charge in [0.15, 0.2) is 0 Å². The first-order valence-corrected chi connectivity index (χ1v) is 7.36. The molecular weight excluding hydrogens is 234 g/mol. The van der Waals surface area contributed by atoms with Gasteiger partial charge in [0.1, 0.15) is 11.9 Å². The van der Waals surface area contributed by atoms with Crippen LogP contribution in [0.15, 0.2) is 24.3 Å². The molecule has 0 amide bonds. The molecule has 0 fully saturated rings. The van der Waals surface area contributed by atoms with E-state index in [0.29, 0.717) is 5.92 Å². The Morgan fingerprint density at radius 2 is 1.79 bits per heavy atom. The van der Waals surface area contributed by atoms with Crippen molar-refractivity contribution < 1.29 is 4.74 Å². The van der Waals surface area contributed by atoms with Crippen LogP contribution in [0.1, 0.15) is 59.4 Å². The van der Waals surface area contributed by atoms with Crippen LogP contribution in [0.25, 0.3) is 0 Å². The number of rotatable bonds is 7. The summed E-state index contributed by atoms with van der Waals surface area (Å²) in [6.07, 6.45) is 1.29. The molecule has 0 heterocycles. The molecular formula is C17H29NO. The van der Waals surface area contributed by atoms with Gasteiger partial charge >= 0.3 is 0 Å². The Morgan fingerprint density at radius 3 is 2.37 bits per heavy atom. The zero-order valence-electron chi connectivity index (χ0n) is 13.3. The summed E-state index contributed by atoms with van der Waals surface area (Å²) in [6.45, 7) is 14.0. The normalized spacial score (nSPS) is 13.6. The number of hydrogen-bond donors (Lipinski definition) is 1. The summed E-state index contributed by atoms with van der Waals surface area (Å²) in [5.74, 6) is 1.50. The van der Waals surface area contributed by atoms with Crippen molar-refractivity contribution in [3.8, 4) is 5.75 Å². The largest absolute Gasteiger partial charge is 0.489 e. The fourth-order valence-corrected chi connectivity index (χ4v) is 1.87. The summed E-state index contributed by atoms with van der Waals surface area (Å²) in [4.78, 5) is 0.